The lowest BCUT2D eigenvalue weighted by molar-refractivity contribution is -0.115. The fourth-order valence-electron chi connectivity index (χ4n) is 2.30. The van der Waals surface area contributed by atoms with Crippen LogP contribution in [0.25, 0.3) is 6.08 Å². The van der Waals surface area contributed by atoms with Crippen molar-refractivity contribution in [1.29, 1.82) is 0 Å². The van der Waals surface area contributed by atoms with E-state index in [0.29, 0.717) is 11.0 Å². The van der Waals surface area contributed by atoms with E-state index in [4.69, 9.17) is 12.2 Å². The van der Waals surface area contributed by atoms with Crippen molar-refractivity contribution in [3.8, 4) is 0 Å². The number of carbonyl (C=O) groups is 1. The van der Waals surface area contributed by atoms with Gasteiger partial charge in [-0.3, -0.25) is 10.1 Å². The summed E-state index contributed by atoms with van der Waals surface area (Å²) in [5, 5.41) is 6.10. The van der Waals surface area contributed by atoms with Crippen LogP contribution in [0.5, 0.6) is 0 Å². The smallest absolute Gasteiger partial charge is 0.250 e. The van der Waals surface area contributed by atoms with Gasteiger partial charge in [0.2, 0.25) is 5.91 Å². The van der Waals surface area contributed by atoms with Crippen molar-refractivity contribution in [2.75, 3.05) is 5.32 Å². The largest absolute Gasteiger partial charge is 0.332 e. The Labute approximate surface area is 148 Å². The summed E-state index contributed by atoms with van der Waals surface area (Å²) in [6.45, 7) is 4.32. The molecule has 2 N–H and O–H groups in total. The van der Waals surface area contributed by atoms with Crippen molar-refractivity contribution in [1.82, 2.24) is 5.32 Å². The first-order valence-electron chi connectivity index (χ1n) is 8.04. The Morgan fingerprint density at radius 1 is 1.12 bits per heavy atom. The van der Waals surface area contributed by atoms with Crippen LogP contribution < -0.4 is 10.6 Å². The number of hydrogen-bond acceptors (Lipinski definition) is 2. The van der Waals surface area contributed by atoms with E-state index >= 15 is 0 Å². The molecule has 0 spiro atoms. The van der Waals surface area contributed by atoms with Gasteiger partial charge in [0.15, 0.2) is 5.11 Å². The molecule has 2 rings (SSSR count). The number of rotatable bonds is 5. The maximum Gasteiger partial charge on any atom is 0.250 e. The van der Waals surface area contributed by atoms with Crippen LogP contribution in [0, 0.1) is 0 Å². The molecule has 0 saturated carbocycles. The van der Waals surface area contributed by atoms with Gasteiger partial charge in [-0.2, -0.15) is 0 Å². The normalized spacial score (nSPS) is 11.9. The van der Waals surface area contributed by atoms with Gasteiger partial charge < -0.3 is 5.32 Å². The standard InChI is InChI=1S/C20H22N2OS/c1-3-15(2)17-11-7-8-12-18(17)21-20(24)22-19(23)14-13-16-9-5-4-6-10-16/h4-15H,3H2,1-2H3,(H2,21,22,23,24). The molecule has 1 atom stereocenters. The monoisotopic (exact) mass is 338 g/mol. The molecule has 0 aromatic heterocycles. The Kier molecular flexibility index (Phi) is 6.70. The zero-order valence-electron chi connectivity index (χ0n) is 14.0. The minimum atomic E-state index is -0.252. The van der Waals surface area contributed by atoms with Crippen LogP contribution in [-0.4, -0.2) is 11.0 Å². The zero-order chi connectivity index (χ0) is 17.4. The van der Waals surface area contributed by atoms with Crippen molar-refractivity contribution in [3.63, 3.8) is 0 Å². The van der Waals surface area contributed by atoms with Gasteiger partial charge in [-0.25, -0.2) is 0 Å². The van der Waals surface area contributed by atoms with Crippen molar-refractivity contribution < 1.29 is 4.79 Å². The minimum absolute atomic E-state index is 0.252. The number of hydrogen-bond donors (Lipinski definition) is 2. The summed E-state index contributed by atoms with van der Waals surface area (Å²) in [5.41, 5.74) is 3.09. The summed E-state index contributed by atoms with van der Waals surface area (Å²) in [6.07, 6.45) is 4.27. The molecule has 1 unspecified atom stereocenters. The molecule has 124 valence electrons. The van der Waals surface area contributed by atoms with Crippen molar-refractivity contribution in [2.24, 2.45) is 0 Å². The van der Waals surface area contributed by atoms with E-state index in [0.717, 1.165) is 17.7 Å². The van der Waals surface area contributed by atoms with Crippen molar-refractivity contribution in [2.45, 2.75) is 26.2 Å². The number of carbonyl (C=O) groups excluding carboxylic acids is 1. The molecule has 0 aliphatic heterocycles. The maximum atomic E-state index is 12.0. The predicted molar refractivity (Wildman–Crippen MR) is 105 cm³/mol. The first-order valence-corrected chi connectivity index (χ1v) is 8.45. The minimum Gasteiger partial charge on any atom is -0.332 e. The number of para-hydroxylation sites is 1. The first kappa shape index (κ1) is 17.9. The molecule has 0 heterocycles. The third kappa shape index (κ3) is 5.32. The van der Waals surface area contributed by atoms with Crippen LogP contribution in [0.15, 0.2) is 60.7 Å². The Morgan fingerprint density at radius 3 is 2.50 bits per heavy atom. The molecule has 0 aliphatic carbocycles. The lowest BCUT2D eigenvalue weighted by atomic mass is 9.97. The van der Waals surface area contributed by atoms with Gasteiger partial charge in [0.25, 0.3) is 0 Å². The Morgan fingerprint density at radius 2 is 1.79 bits per heavy atom. The van der Waals surface area contributed by atoms with Gasteiger partial charge in [0.1, 0.15) is 0 Å². The maximum absolute atomic E-state index is 12.0. The molecule has 0 bridgehead atoms. The topological polar surface area (TPSA) is 41.1 Å². The lowest BCUT2D eigenvalue weighted by Crippen LogP contribution is -2.33. The van der Waals surface area contributed by atoms with Gasteiger partial charge in [-0.05, 0) is 47.8 Å². The highest BCUT2D eigenvalue weighted by Gasteiger charge is 2.10. The number of benzene rings is 2. The quantitative estimate of drug-likeness (QED) is 0.612. The van der Waals surface area contributed by atoms with Crippen LogP contribution in [-0.2, 0) is 4.79 Å². The van der Waals surface area contributed by atoms with Gasteiger partial charge >= 0.3 is 0 Å². The van der Waals surface area contributed by atoms with Crippen molar-refractivity contribution >= 4 is 35.0 Å². The average molecular weight is 338 g/mol. The fraction of sp³-hybridized carbons (Fsp3) is 0.200. The van der Waals surface area contributed by atoms with E-state index in [1.54, 1.807) is 6.08 Å². The molecule has 2 aromatic rings. The third-order valence-electron chi connectivity index (χ3n) is 3.82. The summed E-state index contributed by atoms with van der Waals surface area (Å²) in [5.74, 6) is 0.169. The molecule has 0 aliphatic rings. The summed E-state index contributed by atoms with van der Waals surface area (Å²) in [6, 6.07) is 17.7. The van der Waals surface area contributed by atoms with Crippen LogP contribution in [0.4, 0.5) is 5.69 Å². The lowest BCUT2D eigenvalue weighted by Gasteiger charge is -2.16. The predicted octanol–water partition coefficient (Wildman–Crippen LogP) is 4.73. The van der Waals surface area contributed by atoms with E-state index < -0.39 is 0 Å². The summed E-state index contributed by atoms with van der Waals surface area (Å²) in [4.78, 5) is 12.0. The Hall–Kier alpha value is -2.46. The van der Waals surface area contributed by atoms with E-state index in [9.17, 15) is 4.79 Å². The highest BCUT2D eigenvalue weighted by atomic mass is 32.1. The van der Waals surface area contributed by atoms with Crippen LogP contribution in [0.3, 0.4) is 0 Å². The van der Waals surface area contributed by atoms with Crippen molar-refractivity contribution in [3.05, 3.63) is 71.8 Å². The molecule has 24 heavy (non-hydrogen) atoms. The second-order valence-electron chi connectivity index (χ2n) is 5.58. The first-order chi connectivity index (χ1) is 11.6. The molecule has 4 heteroatoms. The molecule has 0 radical (unpaired) electrons. The SMILES string of the molecule is CCC(C)c1ccccc1NC(=S)NC(=O)C=Cc1ccccc1. The average Bonchev–Trinajstić information content (AvgIpc) is 2.60. The Balaban J connectivity index is 1.96. The van der Waals surface area contributed by atoms with Gasteiger partial charge in [0.05, 0.1) is 0 Å². The third-order valence-corrected chi connectivity index (χ3v) is 4.02. The summed E-state index contributed by atoms with van der Waals surface area (Å²) >= 11 is 5.25. The van der Waals surface area contributed by atoms with E-state index in [-0.39, 0.29) is 5.91 Å². The van der Waals surface area contributed by atoms with Gasteiger partial charge in [0, 0.05) is 11.8 Å². The molecule has 2 aromatic carbocycles. The highest BCUT2D eigenvalue weighted by molar-refractivity contribution is 7.80. The highest BCUT2D eigenvalue weighted by Crippen LogP contribution is 2.26. The van der Waals surface area contributed by atoms with Gasteiger partial charge in [-0.1, -0.05) is 62.4 Å². The Bertz CT molecular complexity index is 725. The number of anilines is 1. The van der Waals surface area contributed by atoms with Crippen LogP contribution in [0.1, 0.15) is 37.3 Å². The molecular formula is C20H22N2OS. The molecule has 3 nitrogen and oxygen atoms in total. The molecule has 0 saturated heterocycles. The molecular weight excluding hydrogens is 316 g/mol. The number of amides is 1. The second kappa shape index (κ2) is 8.99. The second-order valence-corrected chi connectivity index (χ2v) is 5.99. The van der Waals surface area contributed by atoms with E-state index in [1.807, 2.05) is 48.5 Å². The fourth-order valence-corrected chi connectivity index (χ4v) is 2.51. The van der Waals surface area contributed by atoms with Crippen LogP contribution >= 0.6 is 12.2 Å². The van der Waals surface area contributed by atoms with E-state index in [1.165, 1.54) is 11.6 Å². The van der Waals surface area contributed by atoms with Gasteiger partial charge in [-0.15, -0.1) is 0 Å². The summed E-state index contributed by atoms with van der Waals surface area (Å²) < 4.78 is 0. The summed E-state index contributed by atoms with van der Waals surface area (Å²) in [7, 11) is 0. The molecule has 0 fully saturated rings. The number of nitrogens with one attached hydrogen (secondary N) is 2. The number of thiocarbonyl (C=S) groups is 1. The van der Waals surface area contributed by atoms with Crippen LogP contribution in [0.2, 0.25) is 0 Å². The zero-order valence-corrected chi connectivity index (χ0v) is 14.8. The van der Waals surface area contributed by atoms with E-state index in [2.05, 4.69) is 30.5 Å². The molecule has 1 amide bonds.